The highest BCUT2D eigenvalue weighted by molar-refractivity contribution is 7.89. The van der Waals surface area contributed by atoms with Crippen molar-refractivity contribution >= 4 is 39.4 Å². The second-order valence-electron chi connectivity index (χ2n) is 6.38. The molecule has 0 aromatic heterocycles. The lowest BCUT2D eigenvalue weighted by Crippen LogP contribution is -2.33. The van der Waals surface area contributed by atoms with E-state index in [0.29, 0.717) is 0 Å². The van der Waals surface area contributed by atoms with Crippen molar-refractivity contribution in [1.29, 1.82) is 0 Å². The first-order chi connectivity index (χ1) is 14.2. The van der Waals surface area contributed by atoms with Gasteiger partial charge in [0.25, 0.3) is 11.8 Å². The van der Waals surface area contributed by atoms with Crippen molar-refractivity contribution in [2.45, 2.75) is 18.7 Å². The Bertz CT molecular complexity index is 1090. The molecule has 10 heteroatoms. The molecular formula is C20H19ClN2O6S. The van der Waals surface area contributed by atoms with Gasteiger partial charge in [-0.15, -0.1) is 0 Å². The Hall–Kier alpha value is -2.75. The van der Waals surface area contributed by atoms with Gasteiger partial charge in [-0.25, -0.2) is 18.1 Å². The van der Waals surface area contributed by atoms with Crippen molar-refractivity contribution in [3.63, 3.8) is 0 Å². The van der Waals surface area contributed by atoms with Crippen LogP contribution in [0.15, 0.2) is 47.4 Å². The van der Waals surface area contributed by atoms with E-state index in [4.69, 9.17) is 16.3 Å². The molecule has 0 N–H and O–H groups in total. The molecule has 0 atom stereocenters. The number of esters is 1. The van der Waals surface area contributed by atoms with E-state index in [2.05, 4.69) is 0 Å². The average molecular weight is 451 g/mol. The SMILES string of the molecule is CCN(CC)S(=O)(=O)c1cc(C(=O)OCN2C(=O)c3ccccc3C2=O)ccc1Cl. The summed E-state index contributed by atoms with van der Waals surface area (Å²) in [6.45, 7) is 3.27. The van der Waals surface area contributed by atoms with Crippen molar-refractivity contribution in [3.05, 3.63) is 64.2 Å². The molecule has 158 valence electrons. The molecular weight excluding hydrogens is 432 g/mol. The number of sulfonamides is 1. The van der Waals surface area contributed by atoms with Gasteiger partial charge in [0.05, 0.1) is 21.7 Å². The van der Waals surface area contributed by atoms with Crippen LogP contribution in [0.25, 0.3) is 0 Å². The number of benzene rings is 2. The Balaban J connectivity index is 1.79. The van der Waals surface area contributed by atoms with Gasteiger partial charge in [0, 0.05) is 13.1 Å². The first-order valence-electron chi connectivity index (χ1n) is 9.14. The maximum Gasteiger partial charge on any atom is 0.339 e. The first-order valence-corrected chi connectivity index (χ1v) is 11.0. The second kappa shape index (κ2) is 8.55. The topological polar surface area (TPSA) is 101 Å². The van der Waals surface area contributed by atoms with Crippen LogP contribution in [0.1, 0.15) is 44.9 Å². The minimum Gasteiger partial charge on any atom is -0.440 e. The molecule has 1 aliphatic rings. The fourth-order valence-corrected chi connectivity index (χ4v) is 5.05. The standard InChI is InChI=1S/C20H19ClN2O6S/c1-3-22(4-2)30(27,28)17-11-13(9-10-16(17)21)20(26)29-12-23-18(24)14-7-5-6-8-15(14)19(23)25/h5-11H,3-4,12H2,1-2H3. The van der Waals surface area contributed by atoms with E-state index in [-0.39, 0.29) is 39.7 Å². The Labute approximate surface area is 179 Å². The second-order valence-corrected chi connectivity index (χ2v) is 8.69. The van der Waals surface area contributed by atoms with Crippen molar-refractivity contribution < 1.29 is 27.5 Å². The van der Waals surface area contributed by atoms with E-state index in [9.17, 15) is 22.8 Å². The average Bonchev–Trinajstić information content (AvgIpc) is 2.97. The molecule has 0 spiro atoms. The summed E-state index contributed by atoms with van der Waals surface area (Å²) in [6, 6.07) is 10.0. The molecule has 1 heterocycles. The normalized spacial score (nSPS) is 13.7. The summed E-state index contributed by atoms with van der Waals surface area (Å²) in [5.41, 5.74) is 0.400. The van der Waals surface area contributed by atoms with Crippen LogP contribution in [0, 0.1) is 0 Å². The molecule has 3 rings (SSSR count). The van der Waals surface area contributed by atoms with Crippen molar-refractivity contribution in [2.24, 2.45) is 0 Å². The third-order valence-corrected chi connectivity index (χ3v) is 7.22. The maximum absolute atomic E-state index is 12.8. The van der Waals surface area contributed by atoms with Crippen LogP contribution < -0.4 is 0 Å². The first kappa shape index (κ1) is 21.9. The molecule has 0 radical (unpaired) electrons. The van der Waals surface area contributed by atoms with Crippen LogP contribution >= 0.6 is 11.6 Å². The number of carbonyl (C=O) groups is 3. The summed E-state index contributed by atoms with van der Waals surface area (Å²) in [7, 11) is -3.90. The van der Waals surface area contributed by atoms with Gasteiger partial charge < -0.3 is 4.74 Å². The van der Waals surface area contributed by atoms with Gasteiger partial charge in [0.2, 0.25) is 10.0 Å². The molecule has 8 nitrogen and oxygen atoms in total. The predicted molar refractivity (Wildman–Crippen MR) is 109 cm³/mol. The third-order valence-electron chi connectivity index (χ3n) is 4.69. The summed E-state index contributed by atoms with van der Waals surface area (Å²) in [4.78, 5) is 37.7. The molecule has 0 saturated heterocycles. The van der Waals surface area contributed by atoms with Crippen molar-refractivity contribution in [3.8, 4) is 0 Å². The summed E-state index contributed by atoms with van der Waals surface area (Å²) < 4.78 is 31.8. The zero-order valence-electron chi connectivity index (χ0n) is 16.3. The molecule has 2 amide bonds. The highest BCUT2D eigenvalue weighted by Gasteiger charge is 2.36. The number of nitrogens with zero attached hydrogens (tertiary/aromatic N) is 2. The van der Waals surface area contributed by atoms with Gasteiger partial charge in [0.15, 0.2) is 6.73 Å². The van der Waals surface area contributed by atoms with Crippen LogP contribution in [-0.2, 0) is 14.8 Å². The van der Waals surface area contributed by atoms with E-state index in [1.807, 2.05) is 0 Å². The summed E-state index contributed by atoms with van der Waals surface area (Å²) in [6.07, 6.45) is 0. The zero-order valence-corrected chi connectivity index (χ0v) is 17.9. The monoisotopic (exact) mass is 450 g/mol. The van der Waals surface area contributed by atoms with Crippen molar-refractivity contribution in [1.82, 2.24) is 9.21 Å². The number of halogens is 1. The molecule has 0 fully saturated rings. The van der Waals surface area contributed by atoms with Gasteiger partial charge in [-0.05, 0) is 30.3 Å². The number of carbonyl (C=O) groups excluding carboxylic acids is 3. The number of rotatable bonds is 7. The van der Waals surface area contributed by atoms with Gasteiger partial charge in [-0.3, -0.25) is 9.59 Å². The lowest BCUT2D eigenvalue weighted by atomic mass is 10.1. The van der Waals surface area contributed by atoms with E-state index in [1.165, 1.54) is 28.6 Å². The lowest BCUT2D eigenvalue weighted by Gasteiger charge is -2.19. The third kappa shape index (κ3) is 3.83. The number of imide groups is 1. The van der Waals surface area contributed by atoms with Gasteiger partial charge >= 0.3 is 5.97 Å². The van der Waals surface area contributed by atoms with Crippen LogP contribution in [0.2, 0.25) is 5.02 Å². The van der Waals surface area contributed by atoms with E-state index in [1.54, 1.807) is 26.0 Å². The number of fused-ring (bicyclic) bond motifs is 1. The van der Waals surface area contributed by atoms with Gasteiger partial charge in [-0.1, -0.05) is 37.6 Å². The predicted octanol–water partition coefficient (Wildman–Crippen LogP) is 2.78. The molecule has 1 aliphatic heterocycles. The van der Waals surface area contributed by atoms with Crippen LogP contribution in [0.3, 0.4) is 0 Å². The largest absolute Gasteiger partial charge is 0.440 e. The maximum atomic E-state index is 12.8. The smallest absolute Gasteiger partial charge is 0.339 e. The Kier molecular flexibility index (Phi) is 6.25. The number of hydrogen-bond acceptors (Lipinski definition) is 6. The van der Waals surface area contributed by atoms with Crippen LogP contribution in [-0.4, -0.2) is 55.2 Å². The molecule has 0 bridgehead atoms. The van der Waals surface area contributed by atoms with E-state index >= 15 is 0 Å². The lowest BCUT2D eigenvalue weighted by molar-refractivity contribution is 0.0228. The molecule has 2 aromatic carbocycles. The highest BCUT2D eigenvalue weighted by atomic mass is 35.5. The number of ether oxygens (including phenoxy) is 1. The van der Waals surface area contributed by atoms with Gasteiger partial charge in [0.1, 0.15) is 4.90 Å². The van der Waals surface area contributed by atoms with Crippen molar-refractivity contribution in [2.75, 3.05) is 19.8 Å². The summed E-state index contributed by atoms with van der Waals surface area (Å²) in [5.74, 6) is -2.02. The minimum absolute atomic E-state index is 0.0289. The Morgan fingerprint density at radius 3 is 2.13 bits per heavy atom. The Morgan fingerprint density at radius 1 is 1.03 bits per heavy atom. The summed E-state index contributed by atoms with van der Waals surface area (Å²) in [5, 5.41) is -0.0289. The molecule has 0 unspecified atom stereocenters. The quantitative estimate of drug-likeness (QED) is 0.475. The Morgan fingerprint density at radius 2 is 1.60 bits per heavy atom. The zero-order chi connectivity index (χ0) is 22.1. The molecule has 0 aliphatic carbocycles. The fraction of sp³-hybridized carbons (Fsp3) is 0.250. The van der Waals surface area contributed by atoms with E-state index in [0.717, 1.165) is 11.0 Å². The highest BCUT2D eigenvalue weighted by Crippen LogP contribution is 2.27. The molecule has 0 saturated carbocycles. The van der Waals surface area contributed by atoms with E-state index < -0.39 is 34.5 Å². The van der Waals surface area contributed by atoms with Crippen LogP contribution in [0.4, 0.5) is 0 Å². The minimum atomic E-state index is -3.90. The number of hydrogen-bond donors (Lipinski definition) is 0. The number of amides is 2. The summed E-state index contributed by atoms with van der Waals surface area (Å²) >= 11 is 6.06. The van der Waals surface area contributed by atoms with Crippen LogP contribution in [0.5, 0.6) is 0 Å². The molecule has 30 heavy (non-hydrogen) atoms. The van der Waals surface area contributed by atoms with Gasteiger partial charge in [-0.2, -0.15) is 4.31 Å². The molecule has 2 aromatic rings. The fourth-order valence-electron chi connectivity index (χ4n) is 3.09.